The minimum atomic E-state index is -0.995. The zero-order valence-electron chi connectivity index (χ0n) is 19.6. The van der Waals surface area contributed by atoms with Gasteiger partial charge in [-0.2, -0.15) is 0 Å². The standard InChI is InChI=1S/C27H28ClN3O4/c1-18-4-5-19(14-24(18)28)16-29-9-2-3-11-34-12-13-35-26-22-8-10-30-17-23(22)21-7-6-20(27(32)33)15-25(21)31-26/h4-8,10,14-15,17,29H,2-3,9,11-13,16H2,1H3,(H,32,33). The van der Waals surface area contributed by atoms with E-state index in [2.05, 4.69) is 21.4 Å². The molecule has 0 fully saturated rings. The Morgan fingerprint density at radius 1 is 1.03 bits per heavy atom. The van der Waals surface area contributed by atoms with Gasteiger partial charge < -0.3 is 19.9 Å². The second-order valence-electron chi connectivity index (χ2n) is 8.30. The molecular weight excluding hydrogens is 466 g/mol. The number of hydrogen-bond acceptors (Lipinski definition) is 6. The van der Waals surface area contributed by atoms with Gasteiger partial charge in [-0.3, -0.25) is 4.98 Å². The molecule has 0 aliphatic heterocycles. The molecule has 0 amide bonds. The normalized spacial score (nSPS) is 11.3. The van der Waals surface area contributed by atoms with Crippen LogP contribution in [-0.2, 0) is 11.3 Å². The first-order valence-corrected chi connectivity index (χ1v) is 12.0. The number of rotatable bonds is 12. The number of halogens is 1. The summed E-state index contributed by atoms with van der Waals surface area (Å²) in [7, 11) is 0. The van der Waals surface area contributed by atoms with Crippen molar-refractivity contribution in [3.63, 3.8) is 0 Å². The molecule has 2 aromatic carbocycles. The SMILES string of the molecule is Cc1ccc(CNCCCCOCCOc2nc3cc(C(=O)O)ccc3c3cnccc23)cc1Cl. The highest BCUT2D eigenvalue weighted by Gasteiger charge is 2.12. The maximum absolute atomic E-state index is 11.3. The van der Waals surface area contributed by atoms with Crippen LogP contribution in [0.2, 0.25) is 5.02 Å². The average Bonchev–Trinajstić information content (AvgIpc) is 2.86. The predicted molar refractivity (Wildman–Crippen MR) is 137 cm³/mol. The highest BCUT2D eigenvalue weighted by Crippen LogP contribution is 2.30. The van der Waals surface area contributed by atoms with Crippen LogP contribution in [0.1, 0.15) is 34.3 Å². The minimum Gasteiger partial charge on any atom is -0.478 e. The molecular formula is C27H28ClN3O4. The van der Waals surface area contributed by atoms with E-state index in [0.717, 1.165) is 52.7 Å². The Bertz CT molecular complexity index is 1330. The molecule has 2 N–H and O–H groups in total. The van der Waals surface area contributed by atoms with E-state index in [1.54, 1.807) is 30.6 Å². The van der Waals surface area contributed by atoms with E-state index in [4.69, 9.17) is 21.1 Å². The Balaban J connectivity index is 1.21. The van der Waals surface area contributed by atoms with E-state index < -0.39 is 5.97 Å². The number of carboxylic acid groups (broad SMARTS) is 1. The molecule has 2 heterocycles. The smallest absolute Gasteiger partial charge is 0.335 e. The maximum atomic E-state index is 11.3. The third kappa shape index (κ3) is 6.45. The summed E-state index contributed by atoms with van der Waals surface area (Å²) >= 11 is 6.17. The fourth-order valence-corrected chi connectivity index (χ4v) is 4.00. The van der Waals surface area contributed by atoms with Crippen molar-refractivity contribution in [1.82, 2.24) is 15.3 Å². The molecule has 0 bridgehead atoms. The first-order valence-electron chi connectivity index (χ1n) is 11.6. The van der Waals surface area contributed by atoms with Crippen LogP contribution in [0.5, 0.6) is 5.88 Å². The molecule has 0 aliphatic carbocycles. The molecule has 0 saturated carbocycles. The number of pyridine rings is 2. The third-order valence-electron chi connectivity index (χ3n) is 5.73. The number of nitrogens with one attached hydrogen (secondary N) is 1. The summed E-state index contributed by atoms with van der Waals surface area (Å²) in [5.41, 5.74) is 3.01. The van der Waals surface area contributed by atoms with Crippen molar-refractivity contribution in [1.29, 1.82) is 0 Å². The lowest BCUT2D eigenvalue weighted by Gasteiger charge is -2.11. The first-order chi connectivity index (χ1) is 17.0. The van der Waals surface area contributed by atoms with Gasteiger partial charge in [-0.15, -0.1) is 0 Å². The van der Waals surface area contributed by atoms with Crippen LogP contribution < -0.4 is 10.1 Å². The zero-order valence-corrected chi connectivity index (χ0v) is 20.3. The van der Waals surface area contributed by atoms with Gasteiger partial charge in [0.2, 0.25) is 5.88 Å². The largest absolute Gasteiger partial charge is 0.478 e. The lowest BCUT2D eigenvalue weighted by atomic mass is 10.1. The molecule has 182 valence electrons. The number of carboxylic acids is 1. The number of carbonyl (C=O) groups is 1. The molecule has 0 atom stereocenters. The van der Waals surface area contributed by atoms with Crippen LogP contribution in [0.3, 0.4) is 0 Å². The van der Waals surface area contributed by atoms with Gasteiger partial charge in [0.25, 0.3) is 0 Å². The van der Waals surface area contributed by atoms with Crippen molar-refractivity contribution < 1.29 is 19.4 Å². The number of ether oxygens (including phenoxy) is 2. The van der Waals surface area contributed by atoms with Crippen molar-refractivity contribution in [3.05, 3.63) is 76.6 Å². The number of aromatic carboxylic acids is 1. The van der Waals surface area contributed by atoms with Gasteiger partial charge in [0, 0.05) is 46.7 Å². The zero-order chi connectivity index (χ0) is 24.6. The van der Waals surface area contributed by atoms with Crippen LogP contribution >= 0.6 is 11.6 Å². The summed E-state index contributed by atoms with van der Waals surface area (Å²) in [4.78, 5) is 20.1. The van der Waals surface area contributed by atoms with E-state index in [9.17, 15) is 9.90 Å². The Kier molecular flexibility index (Phi) is 8.47. The summed E-state index contributed by atoms with van der Waals surface area (Å²) in [6.07, 6.45) is 5.38. The molecule has 8 heteroatoms. The van der Waals surface area contributed by atoms with Gasteiger partial charge in [-0.25, -0.2) is 9.78 Å². The topological polar surface area (TPSA) is 93.6 Å². The van der Waals surface area contributed by atoms with Crippen molar-refractivity contribution in [3.8, 4) is 5.88 Å². The first kappa shape index (κ1) is 24.9. The van der Waals surface area contributed by atoms with Gasteiger partial charge in [0.05, 0.1) is 17.7 Å². The molecule has 7 nitrogen and oxygen atoms in total. The minimum absolute atomic E-state index is 0.180. The molecule has 0 aliphatic rings. The van der Waals surface area contributed by atoms with Gasteiger partial charge in [0.1, 0.15) is 6.61 Å². The summed E-state index contributed by atoms with van der Waals surface area (Å²) in [5, 5.41) is 16.0. The molecule has 0 unspecified atom stereocenters. The summed E-state index contributed by atoms with van der Waals surface area (Å²) in [6.45, 7) is 5.14. The number of fused-ring (bicyclic) bond motifs is 3. The van der Waals surface area contributed by atoms with E-state index in [1.807, 2.05) is 25.1 Å². The number of aryl methyl sites for hydroxylation is 1. The van der Waals surface area contributed by atoms with Crippen LogP contribution in [-0.4, -0.2) is 47.4 Å². The van der Waals surface area contributed by atoms with E-state index in [0.29, 0.717) is 31.2 Å². The Morgan fingerprint density at radius 3 is 2.74 bits per heavy atom. The lowest BCUT2D eigenvalue weighted by Crippen LogP contribution is -2.15. The van der Waals surface area contributed by atoms with Crippen molar-refractivity contribution in [2.45, 2.75) is 26.3 Å². The highest BCUT2D eigenvalue weighted by molar-refractivity contribution is 6.31. The van der Waals surface area contributed by atoms with Crippen molar-refractivity contribution >= 4 is 39.2 Å². The Labute approximate surface area is 209 Å². The second-order valence-corrected chi connectivity index (χ2v) is 8.71. The van der Waals surface area contributed by atoms with Gasteiger partial charge in [-0.05, 0) is 61.7 Å². The maximum Gasteiger partial charge on any atom is 0.335 e. The Hall–Kier alpha value is -3.26. The molecule has 0 saturated heterocycles. The molecule has 0 spiro atoms. The average molecular weight is 494 g/mol. The number of aromatic nitrogens is 2. The summed E-state index contributed by atoms with van der Waals surface area (Å²) < 4.78 is 11.6. The second kappa shape index (κ2) is 11.9. The van der Waals surface area contributed by atoms with E-state index >= 15 is 0 Å². The van der Waals surface area contributed by atoms with Crippen molar-refractivity contribution in [2.75, 3.05) is 26.4 Å². The third-order valence-corrected chi connectivity index (χ3v) is 6.14. The summed E-state index contributed by atoms with van der Waals surface area (Å²) in [6, 6.07) is 12.9. The molecule has 4 rings (SSSR count). The van der Waals surface area contributed by atoms with Gasteiger partial charge in [-0.1, -0.05) is 29.8 Å². The number of benzene rings is 2. The quantitative estimate of drug-likeness (QED) is 0.201. The summed E-state index contributed by atoms with van der Waals surface area (Å²) in [5.74, 6) is -0.549. The predicted octanol–water partition coefficient (Wildman–Crippen LogP) is 5.41. The van der Waals surface area contributed by atoms with Gasteiger partial charge in [0.15, 0.2) is 0 Å². The lowest BCUT2D eigenvalue weighted by molar-refractivity contribution is 0.0697. The Morgan fingerprint density at radius 2 is 1.91 bits per heavy atom. The highest BCUT2D eigenvalue weighted by atomic mass is 35.5. The van der Waals surface area contributed by atoms with E-state index in [1.165, 1.54) is 5.56 Å². The monoisotopic (exact) mass is 493 g/mol. The van der Waals surface area contributed by atoms with Crippen LogP contribution in [0.4, 0.5) is 0 Å². The number of unbranched alkanes of at least 4 members (excludes halogenated alkanes) is 1. The fraction of sp³-hybridized carbons (Fsp3) is 0.296. The van der Waals surface area contributed by atoms with Crippen molar-refractivity contribution in [2.24, 2.45) is 0 Å². The van der Waals surface area contributed by atoms with E-state index in [-0.39, 0.29) is 5.56 Å². The fourth-order valence-electron chi connectivity index (χ4n) is 3.79. The molecule has 4 aromatic rings. The van der Waals surface area contributed by atoms with Gasteiger partial charge >= 0.3 is 5.97 Å². The molecule has 0 radical (unpaired) electrons. The van der Waals surface area contributed by atoms with Crippen LogP contribution in [0, 0.1) is 6.92 Å². The molecule has 2 aromatic heterocycles. The number of hydrogen-bond donors (Lipinski definition) is 2. The molecule has 35 heavy (non-hydrogen) atoms. The van der Waals surface area contributed by atoms with Crippen LogP contribution in [0.25, 0.3) is 21.7 Å². The van der Waals surface area contributed by atoms with Crippen LogP contribution in [0.15, 0.2) is 54.9 Å². The number of nitrogens with zero attached hydrogens (tertiary/aromatic N) is 2.